The van der Waals surface area contributed by atoms with Crippen LogP contribution in [-0.4, -0.2) is 150 Å². The minimum absolute atomic E-state index is 0.0492. The van der Waals surface area contributed by atoms with Crippen LogP contribution in [0.25, 0.3) is 11.0 Å². The first-order valence-electron chi connectivity index (χ1n) is 23.8. The SMILES string of the molecule is CCOP(=O)(OCC)[C@@](COCC[Si](C)(C)C)(COCc1nnn(COCC[Si](C)(C)C)n1)OC[C@H]1O[C@@H](n2ncc3c(N(C(=O)OC(C)(C)C)C4CCCC4)nc(Cl)nc32)[C@@H]2OC(C)(C)O[C@@H]21. The molecule has 0 N–H and O–H groups in total. The van der Waals surface area contributed by atoms with Gasteiger partial charge in [0.2, 0.25) is 10.6 Å². The van der Waals surface area contributed by atoms with Gasteiger partial charge in [-0.1, -0.05) is 52.1 Å². The maximum atomic E-state index is 15.2. The van der Waals surface area contributed by atoms with Crippen LogP contribution in [0.3, 0.4) is 0 Å². The van der Waals surface area contributed by atoms with Crippen LogP contribution in [0.5, 0.6) is 0 Å². The second-order valence-corrected chi connectivity index (χ2v) is 35.3. The summed E-state index contributed by atoms with van der Waals surface area (Å²) in [6, 6.07) is 1.68. The summed E-state index contributed by atoms with van der Waals surface area (Å²) in [4.78, 5) is 26.0. The molecule has 3 fully saturated rings. The molecule has 68 heavy (non-hydrogen) atoms. The van der Waals surface area contributed by atoms with Gasteiger partial charge < -0.3 is 46.9 Å². The van der Waals surface area contributed by atoms with E-state index in [0.29, 0.717) is 24.2 Å². The largest absolute Gasteiger partial charge is 0.443 e. The first kappa shape index (κ1) is 54.8. The lowest BCUT2D eigenvalue weighted by atomic mass is 10.1. The van der Waals surface area contributed by atoms with Crippen molar-refractivity contribution in [1.82, 2.24) is 40.0 Å². The van der Waals surface area contributed by atoms with Crippen LogP contribution in [0.15, 0.2) is 6.20 Å². The number of hydrogen-bond donors (Lipinski definition) is 0. The Bertz CT molecular complexity index is 2170. The summed E-state index contributed by atoms with van der Waals surface area (Å²) in [6.07, 6.45) is 1.32. The van der Waals surface area contributed by atoms with Gasteiger partial charge in [0.15, 0.2) is 36.0 Å². The number of anilines is 1. The first-order valence-corrected chi connectivity index (χ1v) is 33.2. The third kappa shape index (κ3) is 14.1. The van der Waals surface area contributed by atoms with Crippen molar-refractivity contribution in [2.75, 3.05) is 51.1 Å². The fraction of sp³-hybridized carbons (Fsp3) is 0.837. The van der Waals surface area contributed by atoms with Crippen molar-refractivity contribution >= 4 is 58.3 Å². The molecule has 3 aromatic heterocycles. The third-order valence-corrected chi connectivity index (χ3v) is 17.6. The highest BCUT2D eigenvalue weighted by Crippen LogP contribution is 2.61. The Labute approximate surface area is 407 Å². The van der Waals surface area contributed by atoms with Gasteiger partial charge in [0.1, 0.15) is 30.5 Å². The number of fused-ring (bicyclic) bond motifs is 2. The molecule has 25 heteroatoms. The van der Waals surface area contributed by atoms with Gasteiger partial charge >= 0.3 is 13.7 Å². The summed E-state index contributed by atoms with van der Waals surface area (Å²) < 4.78 is 79.8. The highest BCUT2D eigenvalue weighted by atomic mass is 35.5. The van der Waals surface area contributed by atoms with Crippen LogP contribution in [-0.2, 0) is 64.8 Å². The molecule has 2 aliphatic heterocycles. The van der Waals surface area contributed by atoms with E-state index in [1.165, 1.54) is 4.80 Å². The lowest BCUT2D eigenvalue weighted by Crippen LogP contribution is -2.47. The lowest BCUT2D eigenvalue weighted by molar-refractivity contribution is -0.209. The van der Waals surface area contributed by atoms with E-state index in [9.17, 15) is 4.79 Å². The molecular weight excluding hydrogens is 957 g/mol. The quantitative estimate of drug-likeness (QED) is 0.0337. The number of halogens is 1. The van der Waals surface area contributed by atoms with Gasteiger partial charge in [-0.15, -0.1) is 15.0 Å². The maximum absolute atomic E-state index is 15.2. The van der Waals surface area contributed by atoms with Gasteiger partial charge in [-0.05, 0) is 90.2 Å². The molecule has 2 saturated heterocycles. The predicted octanol–water partition coefficient (Wildman–Crippen LogP) is 8.43. The highest BCUT2D eigenvalue weighted by molar-refractivity contribution is 7.55. The van der Waals surface area contributed by atoms with Crippen LogP contribution in [0.2, 0.25) is 56.7 Å². The molecule has 0 unspecified atom stereocenters. The zero-order chi connectivity index (χ0) is 49.7. The number of aromatic nitrogens is 8. The standard InChI is InChI=1S/C43H75ClN9O12PSi2/c1-14-60-66(55,61-15-2)43(27-56-20-22-67(8,9)10,28-58-26-33-48-50-51(49-33)29-57-21-23-68(11,12)13)59-25-32-34-35(64-42(6,7)63-34)38(62-32)53-37-31(24-45-53)36(46-39(44)47-37)52(30-18-16-17-19-30)40(54)65-41(3,4)5/h24,30,32,34-35,38H,14-23,25-29H2,1-13H3/t32-,34-,35-,38-,43+/m1/s1. The number of rotatable bonds is 25. The van der Waals surface area contributed by atoms with Gasteiger partial charge in [-0.25, -0.2) is 9.48 Å². The Morgan fingerprint density at radius 1 is 0.941 bits per heavy atom. The molecular formula is C43H75ClN9O12PSi2. The van der Waals surface area contributed by atoms with Crippen molar-refractivity contribution in [3.63, 3.8) is 0 Å². The zero-order valence-corrected chi connectivity index (χ0v) is 46.0. The van der Waals surface area contributed by atoms with Crippen LogP contribution in [0, 0.1) is 0 Å². The molecule has 5 heterocycles. The van der Waals surface area contributed by atoms with E-state index in [0.717, 1.165) is 37.8 Å². The zero-order valence-electron chi connectivity index (χ0n) is 42.3. The van der Waals surface area contributed by atoms with E-state index in [-0.39, 0.29) is 69.3 Å². The number of carbonyl (C=O) groups excluding carboxylic acids is 1. The number of ether oxygens (including phenoxy) is 8. The van der Waals surface area contributed by atoms with Crippen molar-refractivity contribution in [2.24, 2.45) is 0 Å². The topological polar surface area (TPSA) is 217 Å². The van der Waals surface area contributed by atoms with Gasteiger partial charge in [0, 0.05) is 35.4 Å². The molecule has 3 aromatic rings. The average Bonchev–Trinajstić information content (AvgIpc) is 4.07. The van der Waals surface area contributed by atoms with Gasteiger partial charge in [-0.2, -0.15) is 15.1 Å². The van der Waals surface area contributed by atoms with Crippen LogP contribution >= 0.6 is 19.2 Å². The van der Waals surface area contributed by atoms with Gasteiger partial charge in [-0.3, -0.25) is 9.46 Å². The molecule has 0 spiro atoms. The number of hydrogen-bond acceptors (Lipinski definition) is 18. The number of carbonyl (C=O) groups is 1. The van der Waals surface area contributed by atoms with E-state index in [4.69, 9.17) is 63.6 Å². The van der Waals surface area contributed by atoms with E-state index in [1.807, 2.05) is 34.6 Å². The molecule has 21 nitrogen and oxygen atoms in total. The van der Waals surface area contributed by atoms with Crippen molar-refractivity contribution in [3.05, 3.63) is 17.3 Å². The Hall–Kier alpha value is -2.52. The summed E-state index contributed by atoms with van der Waals surface area (Å²) in [5, 5.41) is 16.1. The molecule has 0 aromatic carbocycles. The smallest absolute Gasteiger partial charge is 0.416 e. The van der Waals surface area contributed by atoms with Crippen molar-refractivity contribution in [1.29, 1.82) is 0 Å². The maximum Gasteiger partial charge on any atom is 0.416 e. The molecule has 5 atom stereocenters. The Morgan fingerprint density at radius 2 is 1.57 bits per heavy atom. The summed E-state index contributed by atoms with van der Waals surface area (Å²) in [7, 11) is -7.02. The Morgan fingerprint density at radius 3 is 2.21 bits per heavy atom. The first-order chi connectivity index (χ1) is 31.9. The second kappa shape index (κ2) is 22.5. The average molecular weight is 1030 g/mol. The highest BCUT2D eigenvalue weighted by Gasteiger charge is 2.59. The van der Waals surface area contributed by atoms with E-state index in [1.54, 1.807) is 29.6 Å². The van der Waals surface area contributed by atoms with E-state index in [2.05, 4.69) is 64.7 Å². The monoisotopic (exact) mass is 1030 g/mol. The molecule has 384 valence electrons. The van der Waals surface area contributed by atoms with Crippen LogP contribution in [0.1, 0.15) is 86.2 Å². The van der Waals surface area contributed by atoms with Gasteiger partial charge in [0.05, 0.1) is 44.6 Å². The summed E-state index contributed by atoms with van der Waals surface area (Å²) >= 11 is 6.68. The number of nitrogens with zero attached hydrogens (tertiary/aromatic N) is 9. The van der Waals surface area contributed by atoms with Crippen LogP contribution in [0.4, 0.5) is 10.6 Å². The summed E-state index contributed by atoms with van der Waals surface area (Å²) in [6.45, 7) is 26.6. The lowest BCUT2D eigenvalue weighted by Gasteiger charge is -2.39. The normalized spacial score (nSPS) is 22.3. The van der Waals surface area contributed by atoms with Gasteiger partial charge in [0.25, 0.3) is 0 Å². The second-order valence-electron chi connectivity index (χ2n) is 21.4. The fourth-order valence-corrected chi connectivity index (χ4v) is 11.8. The summed E-state index contributed by atoms with van der Waals surface area (Å²) in [5.41, 5.74) is -0.446. The fourth-order valence-electron chi connectivity index (χ4n) is 8.16. The molecule has 1 aliphatic carbocycles. The molecule has 0 bridgehead atoms. The molecule has 1 saturated carbocycles. The minimum atomic E-state index is -4.21. The van der Waals surface area contributed by atoms with E-state index < -0.39 is 71.1 Å². The predicted molar refractivity (Wildman–Crippen MR) is 259 cm³/mol. The number of amides is 1. The van der Waals surface area contributed by atoms with Crippen molar-refractivity contribution in [3.8, 4) is 0 Å². The van der Waals surface area contributed by atoms with Crippen molar-refractivity contribution in [2.45, 2.75) is 186 Å². The molecule has 3 aliphatic rings. The van der Waals surface area contributed by atoms with Crippen LogP contribution < -0.4 is 4.90 Å². The summed E-state index contributed by atoms with van der Waals surface area (Å²) in [5.74, 6) is -0.465. The number of tetrazole rings is 1. The Balaban J connectivity index is 1.30. The van der Waals surface area contributed by atoms with Crippen molar-refractivity contribution < 1.29 is 56.3 Å². The molecule has 1 amide bonds. The molecule has 0 radical (unpaired) electrons. The molecule has 6 rings (SSSR count). The minimum Gasteiger partial charge on any atom is -0.443 e. The Kier molecular flexibility index (Phi) is 18.1. The van der Waals surface area contributed by atoms with E-state index >= 15 is 4.57 Å². The third-order valence-electron chi connectivity index (χ3n) is 11.5.